The van der Waals surface area contributed by atoms with Gasteiger partial charge in [0.1, 0.15) is 0 Å². The number of hydrogen-bond acceptors (Lipinski definition) is 2. The molecule has 24 heavy (non-hydrogen) atoms. The van der Waals surface area contributed by atoms with Gasteiger partial charge in [0.15, 0.2) is 0 Å². The van der Waals surface area contributed by atoms with E-state index >= 15 is 0 Å². The summed E-state index contributed by atoms with van der Waals surface area (Å²) in [6, 6.07) is 28.9. The SMILES string of the molecule is Cl.[CH3][Mn]([c]1ccccc1)([c]1ccccc1)([c]1ccccc1)[P](=O)=O. The molecule has 3 aromatic rings. The summed E-state index contributed by atoms with van der Waals surface area (Å²) >= 11 is -3.90. The van der Waals surface area contributed by atoms with E-state index in [0.717, 1.165) is 13.4 Å². The molecule has 0 amide bonds. The molecule has 126 valence electrons. The van der Waals surface area contributed by atoms with Crippen LogP contribution in [-0.4, -0.2) is 0 Å². The first-order valence-electron chi connectivity index (χ1n) is 7.21. The van der Waals surface area contributed by atoms with Gasteiger partial charge in [0.25, 0.3) is 0 Å². The molecule has 0 saturated heterocycles. The van der Waals surface area contributed by atoms with Crippen molar-refractivity contribution in [1.82, 2.24) is 0 Å². The van der Waals surface area contributed by atoms with Crippen molar-refractivity contribution in [1.29, 1.82) is 0 Å². The Morgan fingerprint density at radius 1 is 0.583 bits per heavy atom. The van der Waals surface area contributed by atoms with Crippen LogP contribution in [0.3, 0.4) is 0 Å². The van der Waals surface area contributed by atoms with Crippen molar-refractivity contribution in [2.45, 2.75) is 5.82 Å². The molecular formula is C19H19ClMnO2P. The van der Waals surface area contributed by atoms with Gasteiger partial charge in [-0.05, 0) is 0 Å². The van der Waals surface area contributed by atoms with Crippen LogP contribution in [-0.2, 0) is 20.5 Å². The summed E-state index contributed by atoms with van der Waals surface area (Å²) in [5, 5.41) is 0. The second-order valence-electron chi connectivity index (χ2n) is 5.37. The Labute approximate surface area is 149 Å². The molecule has 0 saturated carbocycles. The number of hydrogen-bond donors (Lipinski definition) is 0. The van der Waals surface area contributed by atoms with E-state index in [-0.39, 0.29) is 12.4 Å². The third-order valence-electron chi connectivity index (χ3n) is 4.15. The second-order valence-corrected chi connectivity index (χ2v) is 16.6. The molecule has 0 heterocycles. The molecule has 3 aromatic carbocycles. The Balaban J connectivity index is 0.00000208. The van der Waals surface area contributed by atoms with E-state index in [4.69, 9.17) is 0 Å². The van der Waals surface area contributed by atoms with Crippen LogP contribution in [0.1, 0.15) is 0 Å². The standard InChI is InChI=1S/3C6H5.CH3.ClH.Mn.O2P/c3*1-2-4-6-5-3-1;;;;1-3-2/h3*1-5H;1H3;1H;;. The van der Waals surface area contributed by atoms with E-state index in [9.17, 15) is 9.13 Å². The molecule has 0 N–H and O–H groups in total. The van der Waals surface area contributed by atoms with Gasteiger partial charge >= 0.3 is 137 Å². The Bertz CT molecular complexity index is 774. The first-order chi connectivity index (χ1) is 11.1. The maximum absolute atomic E-state index is 12.9. The zero-order chi connectivity index (χ0) is 16.4. The zero-order valence-electron chi connectivity index (χ0n) is 13.2. The summed E-state index contributed by atoms with van der Waals surface area (Å²) in [5.74, 6) is 1.95. The molecule has 2 nitrogen and oxygen atoms in total. The molecule has 0 radical (unpaired) electrons. The molecule has 0 unspecified atom stereocenters. The van der Waals surface area contributed by atoms with Crippen molar-refractivity contribution in [3.05, 3.63) is 91.0 Å². The van der Waals surface area contributed by atoms with Crippen LogP contribution in [0.2, 0.25) is 5.82 Å². The monoisotopic (exact) mass is 400 g/mol. The maximum atomic E-state index is 12.9. The molecule has 0 aliphatic rings. The van der Waals surface area contributed by atoms with Crippen LogP contribution in [0.25, 0.3) is 0 Å². The number of benzene rings is 3. The molecule has 0 spiro atoms. The van der Waals surface area contributed by atoms with Crippen molar-refractivity contribution in [3.8, 4) is 0 Å². The van der Waals surface area contributed by atoms with Crippen LogP contribution in [0, 0.1) is 0 Å². The molecular weight excluding hydrogens is 382 g/mol. The predicted molar refractivity (Wildman–Crippen MR) is 99.6 cm³/mol. The fourth-order valence-electron chi connectivity index (χ4n) is 2.79. The van der Waals surface area contributed by atoms with Gasteiger partial charge in [0.05, 0.1) is 0 Å². The van der Waals surface area contributed by atoms with Gasteiger partial charge in [-0.1, -0.05) is 0 Å². The fraction of sp³-hybridized carbons (Fsp3) is 0.0526. The molecule has 5 heteroatoms. The van der Waals surface area contributed by atoms with Gasteiger partial charge in [-0.2, -0.15) is 0 Å². The number of halogens is 1. The van der Waals surface area contributed by atoms with Gasteiger partial charge in [-0.25, -0.2) is 0 Å². The Morgan fingerprint density at radius 3 is 1.04 bits per heavy atom. The van der Waals surface area contributed by atoms with Crippen LogP contribution < -0.4 is 13.4 Å². The van der Waals surface area contributed by atoms with Gasteiger partial charge < -0.3 is 0 Å². The van der Waals surface area contributed by atoms with Gasteiger partial charge in [0.2, 0.25) is 0 Å². The third-order valence-corrected chi connectivity index (χ3v) is 16.7. The predicted octanol–water partition coefficient (Wildman–Crippen LogP) is 4.21. The van der Waals surface area contributed by atoms with E-state index < -0.39 is 17.7 Å². The normalized spacial score (nSPS) is 12.5. The summed E-state index contributed by atoms with van der Waals surface area (Å²) < 4.78 is 28.4. The fourth-order valence-corrected chi connectivity index (χ4v) is 11.6. The Morgan fingerprint density at radius 2 is 0.833 bits per heavy atom. The van der Waals surface area contributed by atoms with Crippen LogP contribution >= 0.6 is 18.8 Å². The van der Waals surface area contributed by atoms with Crippen molar-refractivity contribution >= 4 is 32.2 Å². The zero-order valence-corrected chi connectivity index (χ0v) is 16.1. The van der Waals surface area contributed by atoms with E-state index in [2.05, 4.69) is 0 Å². The van der Waals surface area contributed by atoms with Crippen molar-refractivity contribution in [2.24, 2.45) is 0 Å². The molecule has 0 atom stereocenters. The van der Waals surface area contributed by atoms with Crippen LogP contribution in [0.4, 0.5) is 0 Å². The average molecular weight is 401 g/mol. The first-order valence-corrected chi connectivity index (χ1v) is 12.8. The molecule has 0 aliphatic heterocycles. The second kappa shape index (κ2) is 7.09. The van der Waals surface area contributed by atoms with Gasteiger partial charge in [-0.3, -0.25) is 0 Å². The van der Waals surface area contributed by atoms with E-state index in [1.165, 1.54) is 0 Å². The third kappa shape index (κ3) is 2.59. The quantitative estimate of drug-likeness (QED) is 0.485. The molecule has 0 aliphatic carbocycles. The molecule has 3 rings (SSSR count). The summed E-state index contributed by atoms with van der Waals surface area (Å²) in [7, 11) is 0. The minimum absolute atomic E-state index is 0. The van der Waals surface area contributed by atoms with Crippen molar-refractivity contribution < 1.29 is 20.5 Å². The first kappa shape index (κ1) is 18.7. The van der Waals surface area contributed by atoms with Crippen molar-refractivity contribution in [2.75, 3.05) is 0 Å². The molecule has 0 bridgehead atoms. The summed E-state index contributed by atoms with van der Waals surface area (Å²) in [6.45, 7) is 0. The van der Waals surface area contributed by atoms with Crippen molar-refractivity contribution in [3.63, 3.8) is 0 Å². The Hall–Kier alpha value is -1.63. The van der Waals surface area contributed by atoms with Gasteiger partial charge in [-0.15, -0.1) is 12.4 Å². The minimum atomic E-state index is -3.90. The van der Waals surface area contributed by atoms with E-state index in [0.29, 0.717) is 0 Å². The molecule has 0 aromatic heterocycles. The Kier molecular flexibility index (Phi) is 5.52. The van der Waals surface area contributed by atoms with Crippen LogP contribution in [0.5, 0.6) is 0 Å². The summed E-state index contributed by atoms with van der Waals surface area (Å²) in [4.78, 5) is 0. The topological polar surface area (TPSA) is 34.1 Å². The average Bonchev–Trinajstić information content (AvgIpc) is 2.63. The van der Waals surface area contributed by atoms with E-state index in [1.54, 1.807) is 0 Å². The van der Waals surface area contributed by atoms with Crippen LogP contribution in [0.15, 0.2) is 91.0 Å². The summed E-state index contributed by atoms with van der Waals surface area (Å²) in [5.41, 5.74) is 0. The number of rotatable bonds is 4. The summed E-state index contributed by atoms with van der Waals surface area (Å²) in [6.07, 6.45) is -2.70. The van der Waals surface area contributed by atoms with Gasteiger partial charge in [0, 0.05) is 0 Å². The molecule has 0 fully saturated rings. The van der Waals surface area contributed by atoms with E-state index in [1.807, 2.05) is 96.8 Å².